The molecule has 0 amide bonds. The number of benzene rings is 4. The lowest BCUT2D eigenvalue weighted by Gasteiger charge is -2.53. The van der Waals surface area contributed by atoms with Gasteiger partial charge in [-0.2, -0.15) is 10.5 Å². The lowest BCUT2D eigenvalue weighted by Crippen LogP contribution is -2.55. The number of aryl methyl sites for hydroxylation is 2. The van der Waals surface area contributed by atoms with Gasteiger partial charge < -0.3 is 5.11 Å². The summed E-state index contributed by atoms with van der Waals surface area (Å²) < 4.78 is 0. The van der Waals surface area contributed by atoms with Crippen LogP contribution in [0.5, 0.6) is 0 Å². The zero-order valence-electron chi connectivity index (χ0n) is 22.1. The summed E-state index contributed by atoms with van der Waals surface area (Å²) in [6, 6.07) is 38.3. The summed E-state index contributed by atoms with van der Waals surface area (Å²) in [5, 5.41) is 34.5. The number of hydrogen-bond acceptors (Lipinski definition) is 4. The van der Waals surface area contributed by atoms with Crippen molar-refractivity contribution in [3.05, 3.63) is 143 Å². The molecule has 192 valence electrons. The second-order valence-electron chi connectivity index (χ2n) is 10.6. The van der Waals surface area contributed by atoms with Crippen LogP contribution in [0.25, 0.3) is 0 Å². The van der Waals surface area contributed by atoms with Gasteiger partial charge in [-0.1, -0.05) is 120 Å². The van der Waals surface area contributed by atoms with Crippen molar-refractivity contribution in [3.8, 4) is 12.1 Å². The van der Waals surface area contributed by atoms with Gasteiger partial charge in [-0.3, -0.25) is 4.79 Å². The zero-order valence-corrected chi connectivity index (χ0v) is 22.1. The molecule has 4 unspecified atom stereocenters. The Bertz CT molecular complexity index is 1530. The Balaban J connectivity index is 1.85. The molecule has 4 aromatic rings. The predicted molar refractivity (Wildman–Crippen MR) is 151 cm³/mol. The Morgan fingerprint density at radius 1 is 0.744 bits per heavy atom. The van der Waals surface area contributed by atoms with Gasteiger partial charge in [-0.05, 0) is 37.0 Å². The molecule has 5 rings (SSSR count). The third-order valence-electron chi connectivity index (χ3n) is 8.30. The highest BCUT2D eigenvalue weighted by Gasteiger charge is 2.64. The molecule has 1 N–H and O–H groups in total. The molecule has 4 heteroatoms. The number of aliphatic hydroxyl groups is 1. The van der Waals surface area contributed by atoms with Crippen LogP contribution in [0.1, 0.15) is 56.4 Å². The molecule has 39 heavy (non-hydrogen) atoms. The van der Waals surface area contributed by atoms with Crippen LogP contribution in [-0.2, 0) is 5.60 Å². The van der Waals surface area contributed by atoms with Crippen molar-refractivity contribution in [2.45, 2.75) is 37.7 Å². The van der Waals surface area contributed by atoms with Crippen LogP contribution >= 0.6 is 0 Å². The molecule has 0 heterocycles. The highest BCUT2D eigenvalue weighted by molar-refractivity contribution is 5.99. The van der Waals surface area contributed by atoms with E-state index in [4.69, 9.17) is 0 Å². The molecular formula is C35H30N2O2. The minimum Gasteiger partial charge on any atom is -0.384 e. The van der Waals surface area contributed by atoms with Crippen molar-refractivity contribution in [2.24, 2.45) is 11.3 Å². The Morgan fingerprint density at radius 2 is 1.23 bits per heavy atom. The normalized spacial score (nSPS) is 23.8. The number of hydrogen-bond donors (Lipinski definition) is 1. The molecule has 1 saturated carbocycles. The quantitative estimate of drug-likeness (QED) is 0.293. The summed E-state index contributed by atoms with van der Waals surface area (Å²) >= 11 is 0. The van der Waals surface area contributed by atoms with E-state index in [-0.39, 0.29) is 12.2 Å². The van der Waals surface area contributed by atoms with Crippen molar-refractivity contribution in [3.63, 3.8) is 0 Å². The molecule has 0 spiro atoms. The molecule has 4 atom stereocenters. The van der Waals surface area contributed by atoms with Gasteiger partial charge in [0.05, 0.1) is 18.1 Å². The molecular weight excluding hydrogens is 480 g/mol. The lowest BCUT2D eigenvalue weighted by molar-refractivity contribution is -0.0783. The molecule has 0 aromatic heterocycles. The van der Waals surface area contributed by atoms with Crippen LogP contribution in [0.15, 0.2) is 109 Å². The maximum atomic E-state index is 14.5. The smallest absolute Gasteiger partial charge is 0.169 e. The Hall–Kier alpha value is -4.51. The first kappa shape index (κ1) is 26.1. The van der Waals surface area contributed by atoms with E-state index in [1.54, 1.807) is 24.3 Å². The summed E-state index contributed by atoms with van der Waals surface area (Å²) in [5.74, 6) is -2.91. The van der Waals surface area contributed by atoms with Crippen LogP contribution in [0.4, 0.5) is 0 Å². The van der Waals surface area contributed by atoms with Gasteiger partial charge in [0.2, 0.25) is 0 Å². The average molecular weight is 511 g/mol. The fourth-order valence-corrected chi connectivity index (χ4v) is 6.26. The van der Waals surface area contributed by atoms with E-state index in [0.29, 0.717) is 16.7 Å². The molecule has 0 saturated heterocycles. The van der Waals surface area contributed by atoms with Crippen LogP contribution in [0.2, 0.25) is 0 Å². The minimum atomic E-state index is -1.64. The molecule has 0 bridgehead atoms. The summed E-state index contributed by atoms with van der Waals surface area (Å²) in [6.07, 6.45) is 0.0484. The van der Waals surface area contributed by atoms with Gasteiger partial charge >= 0.3 is 0 Å². The van der Waals surface area contributed by atoms with Gasteiger partial charge in [0.15, 0.2) is 11.2 Å². The SMILES string of the molecule is Cc1ccc(C2CC(O)(c3ccccc3)C(C(=O)c3ccccc3)C(c3ccc(C)cc3)C2(C#N)C#N)cc1. The number of carbonyl (C=O) groups excluding carboxylic acids is 1. The first-order chi connectivity index (χ1) is 18.8. The van der Waals surface area contributed by atoms with Gasteiger partial charge in [-0.15, -0.1) is 0 Å². The highest BCUT2D eigenvalue weighted by Crippen LogP contribution is 2.63. The molecule has 4 aromatic carbocycles. The number of ketones is 1. The topological polar surface area (TPSA) is 84.9 Å². The van der Waals surface area contributed by atoms with Crippen LogP contribution in [-0.4, -0.2) is 10.9 Å². The fraction of sp³-hybridized carbons (Fsp3) is 0.229. The Morgan fingerprint density at radius 3 is 1.74 bits per heavy atom. The second kappa shape index (κ2) is 10.3. The molecule has 1 fully saturated rings. The Labute approximate surface area is 229 Å². The van der Waals surface area contributed by atoms with E-state index in [1.165, 1.54) is 0 Å². The zero-order chi connectivity index (χ0) is 27.6. The van der Waals surface area contributed by atoms with Crippen molar-refractivity contribution in [1.82, 2.24) is 0 Å². The van der Waals surface area contributed by atoms with Crippen molar-refractivity contribution < 1.29 is 9.90 Å². The first-order valence-electron chi connectivity index (χ1n) is 13.2. The van der Waals surface area contributed by atoms with E-state index in [0.717, 1.165) is 16.7 Å². The van der Waals surface area contributed by atoms with Gasteiger partial charge in [0.1, 0.15) is 5.60 Å². The molecule has 1 aliphatic carbocycles. The number of Topliss-reactive ketones (excluding diaryl/α,β-unsaturated/α-hetero) is 1. The third-order valence-corrected chi connectivity index (χ3v) is 8.30. The number of nitriles is 2. The predicted octanol–water partition coefficient (Wildman–Crippen LogP) is 7.00. The average Bonchev–Trinajstić information content (AvgIpc) is 2.98. The van der Waals surface area contributed by atoms with Gasteiger partial charge in [0.25, 0.3) is 0 Å². The number of carbonyl (C=O) groups is 1. The second-order valence-corrected chi connectivity index (χ2v) is 10.6. The summed E-state index contributed by atoms with van der Waals surface area (Å²) in [6.45, 7) is 3.95. The summed E-state index contributed by atoms with van der Waals surface area (Å²) in [4.78, 5) is 14.5. The van der Waals surface area contributed by atoms with Crippen LogP contribution in [0, 0.1) is 47.8 Å². The standard InChI is InChI=1S/C35H30N2O2/c1-24-13-17-26(18-14-24)30-21-35(39,29-11-7-4-8-12-29)32(33(38)28-9-5-3-6-10-28)31(34(30,22-36)23-37)27-19-15-25(2)16-20-27/h3-20,30-32,39H,21H2,1-2H3. The fourth-order valence-electron chi connectivity index (χ4n) is 6.26. The van der Waals surface area contributed by atoms with Crippen molar-refractivity contribution in [2.75, 3.05) is 0 Å². The third kappa shape index (κ3) is 4.44. The minimum absolute atomic E-state index is 0.0484. The molecule has 1 aliphatic rings. The molecule has 0 aliphatic heterocycles. The lowest BCUT2D eigenvalue weighted by atomic mass is 9.48. The first-order valence-corrected chi connectivity index (χ1v) is 13.2. The van der Waals surface area contributed by atoms with E-state index in [1.807, 2.05) is 98.8 Å². The van der Waals surface area contributed by atoms with Gasteiger partial charge in [-0.25, -0.2) is 0 Å². The van der Waals surface area contributed by atoms with E-state index < -0.39 is 28.8 Å². The van der Waals surface area contributed by atoms with E-state index in [9.17, 15) is 20.4 Å². The maximum Gasteiger partial charge on any atom is 0.169 e. The monoisotopic (exact) mass is 510 g/mol. The van der Waals surface area contributed by atoms with E-state index in [2.05, 4.69) is 12.1 Å². The highest BCUT2D eigenvalue weighted by atomic mass is 16.3. The summed E-state index contributed by atoms with van der Waals surface area (Å²) in [5.41, 5.74) is 1.33. The van der Waals surface area contributed by atoms with E-state index >= 15 is 0 Å². The number of rotatable bonds is 5. The molecule has 4 nitrogen and oxygen atoms in total. The largest absolute Gasteiger partial charge is 0.384 e. The maximum absolute atomic E-state index is 14.5. The molecule has 0 radical (unpaired) electrons. The van der Waals surface area contributed by atoms with Crippen LogP contribution < -0.4 is 0 Å². The van der Waals surface area contributed by atoms with Crippen molar-refractivity contribution in [1.29, 1.82) is 10.5 Å². The summed E-state index contributed by atoms with van der Waals surface area (Å²) in [7, 11) is 0. The number of nitrogens with zero attached hydrogens (tertiary/aromatic N) is 2. The van der Waals surface area contributed by atoms with Crippen molar-refractivity contribution >= 4 is 5.78 Å². The van der Waals surface area contributed by atoms with Crippen LogP contribution in [0.3, 0.4) is 0 Å². The Kier molecular flexibility index (Phi) is 6.92. The van der Waals surface area contributed by atoms with Gasteiger partial charge in [0, 0.05) is 17.4 Å².